The number of alkyl halides is 3. The molecule has 3 rings (SSSR count). The number of rotatable bonds is 5. The van der Waals surface area contributed by atoms with Crippen LogP contribution in [0.3, 0.4) is 0 Å². The summed E-state index contributed by atoms with van der Waals surface area (Å²) in [4.78, 5) is 16.3. The van der Waals surface area contributed by atoms with Crippen LogP contribution >= 0.6 is 0 Å². The fraction of sp³-hybridized carbons (Fsp3) is 0.364. The van der Waals surface area contributed by atoms with Gasteiger partial charge in [-0.2, -0.15) is 18.4 Å². The van der Waals surface area contributed by atoms with Crippen LogP contribution in [0.2, 0.25) is 0 Å². The fourth-order valence-electron chi connectivity index (χ4n) is 3.80. The molecule has 1 fully saturated rings. The van der Waals surface area contributed by atoms with Crippen LogP contribution in [-0.4, -0.2) is 62.4 Å². The van der Waals surface area contributed by atoms with Crippen molar-refractivity contribution >= 4 is 11.6 Å². The van der Waals surface area contributed by atoms with E-state index in [0.29, 0.717) is 5.75 Å². The number of halogens is 3. The van der Waals surface area contributed by atoms with Gasteiger partial charge >= 0.3 is 6.18 Å². The first kappa shape index (κ1) is 23.2. The molecule has 1 N–H and O–H groups in total. The van der Waals surface area contributed by atoms with Crippen LogP contribution in [0.25, 0.3) is 0 Å². The van der Waals surface area contributed by atoms with Gasteiger partial charge in [-0.25, -0.2) is 0 Å². The van der Waals surface area contributed by atoms with E-state index in [9.17, 15) is 23.1 Å². The van der Waals surface area contributed by atoms with Gasteiger partial charge in [-0.1, -0.05) is 6.07 Å². The Bertz CT molecular complexity index is 1040. The number of hydrogen-bond acceptors (Lipinski definition) is 6. The van der Waals surface area contributed by atoms with Gasteiger partial charge in [-0.3, -0.25) is 4.79 Å². The lowest BCUT2D eigenvalue weighted by Crippen LogP contribution is -2.56. The number of hydrogen-bond donors (Lipinski definition) is 1. The van der Waals surface area contributed by atoms with Crippen LogP contribution in [0.5, 0.6) is 11.5 Å². The van der Waals surface area contributed by atoms with Gasteiger partial charge in [0.25, 0.3) is 5.91 Å². The summed E-state index contributed by atoms with van der Waals surface area (Å²) >= 11 is 0. The zero-order valence-corrected chi connectivity index (χ0v) is 17.5. The van der Waals surface area contributed by atoms with Gasteiger partial charge < -0.3 is 24.4 Å². The second-order valence-corrected chi connectivity index (χ2v) is 7.16. The third-order valence-corrected chi connectivity index (χ3v) is 5.37. The Kier molecular flexibility index (Phi) is 6.79. The molecule has 1 aliphatic heterocycles. The number of ether oxygens (including phenoxy) is 2. The molecule has 1 atom stereocenters. The number of aliphatic hydroxyl groups is 1. The Balaban J connectivity index is 1.87. The number of anilines is 1. The highest BCUT2D eigenvalue weighted by Gasteiger charge is 2.36. The number of nitrogens with zero attached hydrogens (tertiary/aromatic N) is 3. The Morgan fingerprint density at radius 1 is 1.22 bits per heavy atom. The molecule has 1 unspecified atom stereocenters. The van der Waals surface area contributed by atoms with Gasteiger partial charge in [0.2, 0.25) is 0 Å². The number of carbonyl (C=O) groups is 1. The summed E-state index contributed by atoms with van der Waals surface area (Å²) in [6, 6.07) is 9.28. The molecule has 0 bridgehead atoms. The van der Waals surface area contributed by atoms with E-state index < -0.39 is 23.3 Å². The van der Waals surface area contributed by atoms with Crippen molar-refractivity contribution in [3.05, 3.63) is 53.1 Å². The molecule has 10 heteroatoms. The topological polar surface area (TPSA) is 86.0 Å². The van der Waals surface area contributed by atoms with Crippen LogP contribution in [-0.2, 0) is 6.18 Å². The number of benzene rings is 2. The van der Waals surface area contributed by atoms with Crippen molar-refractivity contribution in [1.82, 2.24) is 4.90 Å². The average Bonchev–Trinajstić information content (AvgIpc) is 2.81. The Morgan fingerprint density at radius 3 is 2.56 bits per heavy atom. The zero-order chi connectivity index (χ0) is 23.5. The molecule has 0 saturated carbocycles. The number of carbonyl (C=O) groups excluding carboxylic acids is 1. The average molecular weight is 449 g/mol. The highest BCUT2D eigenvalue weighted by molar-refractivity contribution is 5.98. The van der Waals surface area contributed by atoms with Gasteiger partial charge in [-0.05, 0) is 30.3 Å². The second kappa shape index (κ2) is 9.36. The lowest BCUT2D eigenvalue weighted by atomic mass is 10.0. The third-order valence-electron chi connectivity index (χ3n) is 5.37. The molecule has 0 spiro atoms. The summed E-state index contributed by atoms with van der Waals surface area (Å²) in [6.45, 7) is 0.140. The molecule has 1 heterocycles. The number of amides is 1. The van der Waals surface area contributed by atoms with Crippen molar-refractivity contribution in [2.75, 3.05) is 45.4 Å². The first-order valence-corrected chi connectivity index (χ1v) is 9.74. The van der Waals surface area contributed by atoms with Crippen molar-refractivity contribution in [3.63, 3.8) is 0 Å². The fourth-order valence-corrected chi connectivity index (χ4v) is 3.80. The predicted octanol–water partition coefficient (Wildman–Crippen LogP) is 2.92. The SMILES string of the molecule is COc1cccc(C(=O)N2CCN(c3ccc(C#N)c(C(F)(F)F)c3)C(CO)C2)c1OC. The van der Waals surface area contributed by atoms with E-state index >= 15 is 0 Å². The molecule has 32 heavy (non-hydrogen) atoms. The van der Waals surface area contributed by atoms with Crippen molar-refractivity contribution in [1.29, 1.82) is 5.26 Å². The molecule has 7 nitrogen and oxygen atoms in total. The molecule has 0 aromatic heterocycles. The molecule has 1 amide bonds. The van der Waals surface area contributed by atoms with Gasteiger partial charge in [0.15, 0.2) is 11.5 Å². The zero-order valence-electron chi connectivity index (χ0n) is 17.5. The Morgan fingerprint density at radius 2 is 1.97 bits per heavy atom. The van der Waals surface area contributed by atoms with Crippen LogP contribution in [0.4, 0.5) is 18.9 Å². The maximum atomic E-state index is 13.4. The lowest BCUT2D eigenvalue weighted by Gasteiger charge is -2.42. The van der Waals surface area contributed by atoms with Gasteiger partial charge in [-0.15, -0.1) is 0 Å². The van der Waals surface area contributed by atoms with Gasteiger partial charge in [0.1, 0.15) is 0 Å². The number of methoxy groups -OCH3 is 2. The molecule has 1 saturated heterocycles. The minimum absolute atomic E-state index is 0.0943. The van der Waals surface area contributed by atoms with Crippen molar-refractivity contribution in [3.8, 4) is 17.6 Å². The van der Waals surface area contributed by atoms with E-state index in [1.165, 1.54) is 25.2 Å². The largest absolute Gasteiger partial charge is 0.493 e. The van der Waals surface area contributed by atoms with E-state index in [1.54, 1.807) is 29.2 Å². The molecule has 170 valence electrons. The highest BCUT2D eigenvalue weighted by atomic mass is 19.4. The van der Waals surface area contributed by atoms with Gasteiger partial charge in [0.05, 0.1) is 49.6 Å². The second-order valence-electron chi connectivity index (χ2n) is 7.16. The van der Waals surface area contributed by atoms with Crippen molar-refractivity contribution in [2.45, 2.75) is 12.2 Å². The third kappa shape index (κ3) is 4.43. The molecule has 2 aromatic carbocycles. The summed E-state index contributed by atoms with van der Waals surface area (Å²) < 4.78 is 50.6. The summed E-state index contributed by atoms with van der Waals surface area (Å²) in [5, 5.41) is 18.9. The molecule has 1 aliphatic rings. The summed E-state index contributed by atoms with van der Waals surface area (Å²) in [6.07, 6.45) is -4.68. The monoisotopic (exact) mass is 449 g/mol. The van der Waals surface area contributed by atoms with Gasteiger partial charge in [0, 0.05) is 25.3 Å². The van der Waals surface area contributed by atoms with Crippen LogP contribution in [0, 0.1) is 11.3 Å². The minimum atomic E-state index is -4.68. The number of piperazine rings is 1. The van der Waals surface area contributed by atoms with Crippen LogP contribution in [0.15, 0.2) is 36.4 Å². The lowest BCUT2D eigenvalue weighted by molar-refractivity contribution is -0.137. The molecular formula is C22H22F3N3O4. The quantitative estimate of drug-likeness (QED) is 0.756. The van der Waals surface area contributed by atoms with Crippen LogP contribution in [0.1, 0.15) is 21.5 Å². The minimum Gasteiger partial charge on any atom is -0.493 e. The smallest absolute Gasteiger partial charge is 0.417 e. The maximum absolute atomic E-state index is 13.4. The van der Waals surface area contributed by atoms with Crippen molar-refractivity contribution in [2.24, 2.45) is 0 Å². The Hall–Kier alpha value is -3.45. The molecule has 2 aromatic rings. The highest BCUT2D eigenvalue weighted by Crippen LogP contribution is 2.36. The summed E-state index contributed by atoms with van der Waals surface area (Å²) in [5.74, 6) is 0.340. The summed E-state index contributed by atoms with van der Waals surface area (Å²) in [7, 11) is 2.88. The van der Waals surface area contributed by atoms with Crippen molar-refractivity contribution < 1.29 is 32.5 Å². The van der Waals surface area contributed by atoms with E-state index in [4.69, 9.17) is 14.7 Å². The Labute approximate surface area is 183 Å². The molecule has 0 aliphatic carbocycles. The normalized spacial score (nSPS) is 16.5. The molecular weight excluding hydrogens is 427 g/mol. The summed E-state index contributed by atoms with van der Waals surface area (Å²) in [5.41, 5.74) is -0.995. The first-order valence-electron chi connectivity index (χ1n) is 9.74. The number of aliphatic hydroxyl groups excluding tert-OH is 1. The van der Waals surface area contributed by atoms with E-state index in [0.717, 1.165) is 12.1 Å². The standard InChI is InChI=1S/C22H22F3N3O4/c1-31-19-5-3-4-17(20(19)32-2)21(30)27-8-9-28(16(12-27)13-29)15-7-6-14(11-26)18(10-15)22(23,24)25/h3-7,10,16,29H,8-9,12-13H2,1-2H3. The first-order chi connectivity index (χ1) is 15.2. The predicted molar refractivity (Wildman–Crippen MR) is 110 cm³/mol. The molecule has 0 radical (unpaired) electrons. The van der Waals surface area contributed by atoms with Crippen LogP contribution < -0.4 is 14.4 Å². The van der Waals surface area contributed by atoms with E-state index in [2.05, 4.69) is 0 Å². The van der Waals surface area contributed by atoms with E-state index in [-0.39, 0.29) is 49.1 Å². The van der Waals surface area contributed by atoms with E-state index in [1.807, 2.05) is 0 Å². The number of nitriles is 1. The maximum Gasteiger partial charge on any atom is 0.417 e. The number of para-hydroxylation sites is 1.